The molecule has 1 aliphatic heterocycles. The Morgan fingerprint density at radius 3 is 2.57 bits per heavy atom. The molecule has 0 spiro atoms. The lowest BCUT2D eigenvalue weighted by Crippen LogP contribution is -2.50. The largest absolute Gasteiger partial charge is 0.341 e. The molecule has 0 aromatic carbocycles. The topological polar surface area (TPSA) is 23.6 Å². The van der Waals surface area contributed by atoms with Gasteiger partial charge in [0, 0.05) is 19.6 Å². The lowest BCUT2D eigenvalue weighted by molar-refractivity contribution is -0.135. The summed E-state index contributed by atoms with van der Waals surface area (Å²) in [7, 11) is 0. The smallest absolute Gasteiger partial charge is 0.236 e. The molecule has 0 aromatic rings. The first-order chi connectivity index (χ1) is 6.63. The summed E-state index contributed by atoms with van der Waals surface area (Å²) in [6, 6.07) is 0. The highest BCUT2D eigenvalue weighted by Crippen LogP contribution is 2.06. The fraction of sp³-hybridized carbons (Fsp3) is 0.909. The third kappa shape index (κ3) is 3.29. The highest BCUT2D eigenvalue weighted by molar-refractivity contribution is 5.78. The monoisotopic (exact) mass is 198 g/mol. The number of carbonyl (C=O) groups is 1. The second kappa shape index (κ2) is 5.35. The Morgan fingerprint density at radius 1 is 1.36 bits per heavy atom. The van der Waals surface area contributed by atoms with Gasteiger partial charge in [-0.3, -0.25) is 9.69 Å². The third-order valence-corrected chi connectivity index (χ3v) is 2.80. The number of hydrogen-bond donors (Lipinski definition) is 0. The standard InChI is InChI=1S/C11H22N2O/c1-4-13-8-7-12(9-11(13)14)6-5-10(2)3/h10H,4-9H2,1-3H3. The summed E-state index contributed by atoms with van der Waals surface area (Å²) in [5, 5.41) is 0. The van der Waals surface area contributed by atoms with E-state index in [1.807, 2.05) is 11.8 Å². The van der Waals surface area contributed by atoms with Gasteiger partial charge >= 0.3 is 0 Å². The highest BCUT2D eigenvalue weighted by Gasteiger charge is 2.21. The van der Waals surface area contributed by atoms with E-state index in [0.717, 1.165) is 32.1 Å². The molecule has 0 saturated carbocycles. The molecule has 0 radical (unpaired) electrons. The van der Waals surface area contributed by atoms with Gasteiger partial charge in [-0.1, -0.05) is 13.8 Å². The van der Waals surface area contributed by atoms with E-state index in [4.69, 9.17) is 0 Å². The Labute approximate surface area is 87.1 Å². The average Bonchev–Trinajstić information content (AvgIpc) is 2.15. The third-order valence-electron chi connectivity index (χ3n) is 2.80. The van der Waals surface area contributed by atoms with Gasteiger partial charge in [0.05, 0.1) is 6.54 Å². The van der Waals surface area contributed by atoms with Gasteiger partial charge in [-0.05, 0) is 25.8 Å². The van der Waals surface area contributed by atoms with Crippen LogP contribution in [0.2, 0.25) is 0 Å². The van der Waals surface area contributed by atoms with Crippen LogP contribution in [0.25, 0.3) is 0 Å². The fourth-order valence-electron chi connectivity index (χ4n) is 1.72. The fourth-order valence-corrected chi connectivity index (χ4v) is 1.72. The van der Waals surface area contributed by atoms with Crippen LogP contribution >= 0.6 is 0 Å². The molecule has 1 aliphatic rings. The van der Waals surface area contributed by atoms with E-state index in [1.54, 1.807) is 0 Å². The van der Waals surface area contributed by atoms with Crippen LogP contribution in [0.1, 0.15) is 27.2 Å². The van der Waals surface area contributed by atoms with E-state index < -0.39 is 0 Å². The number of rotatable bonds is 4. The number of hydrogen-bond acceptors (Lipinski definition) is 2. The Bertz CT molecular complexity index is 192. The molecular weight excluding hydrogens is 176 g/mol. The molecule has 1 fully saturated rings. The van der Waals surface area contributed by atoms with Gasteiger partial charge in [-0.15, -0.1) is 0 Å². The zero-order valence-electron chi connectivity index (χ0n) is 9.62. The van der Waals surface area contributed by atoms with Crippen molar-refractivity contribution in [3.05, 3.63) is 0 Å². The maximum absolute atomic E-state index is 11.6. The SMILES string of the molecule is CCN1CCN(CCC(C)C)CC1=O. The highest BCUT2D eigenvalue weighted by atomic mass is 16.2. The Morgan fingerprint density at radius 2 is 2.07 bits per heavy atom. The number of likely N-dealkylation sites (N-methyl/N-ethyl adjacent to an activating group) is 1. The first kappa shape index (κ1) is 11.5. The lowest BCUT2D eigenvalue weighted by Gasteiger charge is -2.33. The Kier molecular flexibility index (Phi) is 4.39. The predicted molar refractivity (Wildman–Crippen MR) is 58.1 cm³/mol. The van der Waals surface area contributed by atoms with Crippen molar-refractivity contribution in [1.29, 1.82) is 0 Å². The molecule has 3 nitrogen and oxygen atoms in total. The summed E-state index contributed by atoms with van der Waals surface area (Å²) in [4.78, 5) is 15.8. The van der Waals surface area contributed by atoms with Crippen LogP contribution in [-0.2, 0) is 4.79 Å². The zero-order valence-corrected chi connectivity index (χ0v) is 9.62. The van der Waals surface area contributed by atoms with Gasteiger partial charge in [0.25, 0.3) is 0 Å². The number of nitrogens with zero attached hydrogens (tertiary/aromatic N) is 2. The van der Waals surface area contributed by atoms with Crippen molar-refractivity contribution in [3.8, 4) is 0 Å². The Balaban J connectivity index is 2.28. The zero-order chi connectivity index (χ0) is 10.6. The van der Waals surface area contributed by atoms with Crippen molar-refractivity contribution in [1.82, 2.24) is 9.80 Å². The minimum atomic E-state index is 0.294. The van der Waals surface area contributed by atoms with Gasteiger partial charge < -0.3 is 4.90 Å². The van der Waals surface area contributed by atoms with Crippen LogP contribution in [-0.4, -0.2) is 48.4 Å². The average molecular weight is 198 g/mol. The van der Waals surface area contributed by atoms with E-state index in [-0.39, 0.29) is 0 Å². The van der Waals surface area contributed by atoms with Crippen LogP contribution in [0.3, 0.4) is 0 Å². The van der Waals surface area contributed by atoms with Crippen molar-refractivity contribution in [3.63, 3.8) is 0 Å². The minimum absolute atomic E-state index is 0.294. The van der Waals surface area contributed by atoms with Crippen LogP contribution in [0.5, 0.6) is 0 Å². The van der Waals surface area contributed by atoms with E-state index in [9.17, 15) is 4.79 Å². The van der Waals surface area contributed by atoms with E-state index in [0.29, 0.717) is 12.5 Å². The maximum atomic E-state index is 11.6. The summed E-state index contributed by atoms with van der Waals surface area (Å²) < 4.78 is 0. The molecule has 0 N–H and O–H groups in total. The number of piperazine rings is 1. The molecule has 3 heteroatoms. The maximum Gasteiger partial charge on any atom is 0.236 e. The predicted octanol–water partition coefficient (Wildman–Crippen LogP) is 1.20. The molecule has 1 saturated heterocycles. The summed E-state index contributed by atoms with van der Waals surface area (Å²) in [5.41, 5.74) is 0. The van der Waals surface area contributed by atoms with Crippen LogP contribution in [0.4, 0.5) is 0 Å². The van der Waals surface area contributed by atoms with Gasteiger partial charge in [0.2, 0.25) is 5.91 Å². The normalized spacial score (nSPS) is 19.4. The van der Waals surface area contributed by atoms with Crippen LogP contribution in [0, 0.1) is 5.92 Å². The molecule has 1 heterocycles. The van der Waals surface area contributed by atoms with Gasteiger partial charge in [-0.2, -0.15) is 0 Å². The Hall–Kier alpha value is -0.570. The van der Waals surface area contributed by atoms with Crippen molar-refractivity contribution in [2.75, 3.05) is 32.7 Å². The van der Waals surface area contributed by atoms with Crippen molar-refractivity contribution in [2.24, 2.45) is 5.92 Å². The molecule has 82 valence electrons. The van der Waals surface area contributed by atoms with Crippen LogP contribution in [0.15, 0.2) is 0 Å². The van der Waals surface area contributed by atoms with Crippen molar-refractivity contribution < 1.29 is 4.79 Å². The lowest BCUT2D eigenvalue weighted by atomic mass is 10.1. The summed E-state index contributed by atoms with van der Waals surface area (Å²) in [6.45, 7) is 11.0. The molecule has 14 heavy (non-hydrogen) atoms. The molecule has 0 aliphatic carbocycles. The van der Waals surface area contributed by atoms with Gasteiger partial charge in [0.1, 0.15) is 0 Å². The second-order valence-corrected chi connectivity index (χ2v) is 4.43. The summed E-state index contributed by atoms with van der Waals surface area (Å²) >= 11 is 0. The van der Waals surface area contributed by atoms with Crippen molar-refractivity contribution >= 4 is 5.91 Å². The summed E-state index contributed by atoms with van der Waals surface area (Å²) in [5.74, 6) is 1.02. The molecule has 0 bridgehead atoms. The molecule has 1 amide bonds. The second-order valence-electron chi connectivity index (χ2n) is 4.43. The molecule has 0 atom stereocenters. The molecule has 0 aromatic heterocycles. The summed E-state index contributed by atoms with van der Waals surface area (Å²) in [6.07, 6.45) is 1.19. The van der Waals surface area contributed by atoms with Gasteiger partial charge in [0.15, 0.2) is 0 Å². The van der Waals surface area contributed by atoms with E-state index >= 15 is 0 Å². The van der Waals surface area contributed by atoms with Crippen molar-refractivity contribution in [2.45, 2.75) is 27.2 Å². The van der Waals surface area contributed by atoms with Crippen LogP contribution < -0.4 is 0 Å². The number of amides is 1. The van der Waals surface area contributed by atoms with E-state index in [1.165, 1.54) is 6.42 Å². The first-order valence-electron chi connectivity index (χ1n) is 5.63. The molecule has 0 unspecified atom stereocenters. The van der Waals surface area contributed by atoms with Gasteiger partial charge in [-0.25, -0.2) is 0 Å². The molecule has 1 rings (SSSR count). The number of carbonyl (C=O) groups excluding carboxylic acids is 1. The van der Waals surface area contributed by atoms with E-state index in [2.05, 4.69) is 18.7 Å². The minimum Gasteiger partial charge on any atom is -0.341 e. The quantitative estimate of drug-likeness (QED) is 0.677. The molecular formula is C11H22N2O. The first-order valence-corrected chi connectivity index (χ1v) is 5.63.